The van der Waals surface area contributed by atoms with E-state index in [2.05, 4.69) is 10.3 Å². The highest BCUT2D eigenvalue weighted by Crippen LogP contribution is 2.27. The Kier molecular flexibility index (Phi) is 8.35. The number of hydrogen-bond acceptors (Lipinski definition) is 6. The van der Waals surface area contributed by atoms with Gasteiger partial charge in [-0.1, -0.05) is 36.7 Å². The quantitative estimate of drug-likeness (QED) is 0.300. The topological polar surface area (TPSA) is 103 Å². The number of nitrogens with one attached hydrogen (secondary N) is 1. The van der Waals surface area contributed by atoms with Crippen molar-refractivity contribution in [3.63, 3.8) is 0 Å². The molecule has 38 heavy (non-hydrogen) atoms. The molecule has 0 aliphatic heterocycles. The smallest absolute Gasteiger partial charge is 0.243 e. The molecule has 0 saturated heterocycles. The van der Waals surface area contributed by atoms with Gasteiger partial charge in [-0.25, -0.2) is 13.4 Å². The second-order valence-corrected chi connectivity index (χ2v) is 10.6. The van der Waals surface area contributed by atoms with Crippen LogP contribution in [0, 0.1) is 0 Å². The number of anilines is 1. The van der Waals surface area contributed by atoms with Gasteiger partial charge in [0.25, 0.3) is 0 Å². The Morgan fingerprint density at radius 2 is 1.68 bits per heavy atom. The van der Waals surface area contributed by atoms with Crippen LogP contribution < -0.4 is 14.8 Å². The van der Waals surface area contributed by atoms with E-state index in [4.69, 9.17) is 21.1 Å². The van der Waals surface area contributed by atoms with Gasteiger partial charge < -0.3 is 9.47 Å². The van der Waals surface area contributed by atoms with Crippen molar-refractivity contribution in [1.82, 2.24) is 13.9 Å². The van der Waals surface area contributed by atoms with Gasteiger partial charge in [0.05, 0.1) is 37.0 Å². The minimum atomic E-state index is -3.92. The molecule has 0 bridgehead atoms. The van der Waals surface area contributed by atoms with Crippen LogP contribution in [-0.4, -0.2) is 55.5 Å². The molecule has 0 unspecified atom stereocenters. The monoisotopic (exact) mass is 554 g/mol. The number of sulfonamides is 1. The Balaban J connectivity index is 1.63. The average Bonchev–Trinajstić information content (AvgIpc) is 3.35. The van der Waals surface area contributed by atoms with Crippen LogP contribution in [0.2, 0.25) is 5.02 Å². The van der Waals surface area contributed by atoms with Crippen molar-refractivity contribution in [1.29, 1.82) is 0 Å². The number of ether oxygens (including phenoxy) is 2. The molecule has 1 N–H and O–H groups in total. The van der Waals surface area contributed by atoms with Crippen LogP contribution in [0.25, 0.3) is 16.9 Å². The molecular weight excluding hydrogens is 528 g/mol. The number of halogens is 1. The number of rotatable bonds is 10. The Morgan fingerprint density at radius 3 is 2.32 bits per heavy atom. The number of likely N-dealkylation sites (N-methyl/N-ethyl adjacent to an activating group) is 1. The normalized spacial score (nSPS) is 11.4. The number of amides is 1. The molecule has 4 rings (SSSR count). The Bertz CT molecular complexity index is 1520. The van der Waals surface area contributed by atoms with Gasteiger partial charge in [-0.3, -0.25) is 14.7 Å². The number of nitrogens with zero attached hydrogens (tertiary/aromatic N) is 3. The molecule has 9 nitrogen and oxygen atoms in total. The highest BCUT2D eigenvalue weighted by molar-refractivity contribution is 7.89. The van der Waals surface area contributed by atoms with Crippen molar-refractivity contribution in [2.75, 3.05) is 32.6 Å². The van der Waals surface area contributed by atoms with Crippen LogP contribution in [-0.2, 0) is 14.8 Å². The third-order valence-corrected chi connectivity index (χ3v) is 7.99. The SMILES string of the molecule is CCN(CC(=O)Nc1nc(-c2ccc(Cl)cc2)cn1-c1cccc(OC)c1)S(=O)(=O)c1ccc(OC)cc1. The van der Waals surface area contributed by atoms with Crippen molar-refractivity contribution in [3.8, 4) is 28.4 Å². The molecule has 3 aromatic carbocycles. The molecule has 11 heteroatoms. The zero-order chi connectivity index (χ0) is 27.3. The molecule has 0 saturated carbocycles. The molecule has 198 valence electrons. The summed E-state index contributed by atoms with van der Waals surface area (Å²) in [7, 11) is -0.849. The number of benzene rings is 3. The summed E-state index contributed by atoms with van der Waals surface area (Å²) in [5, 5.41) is 3.36. The molecule has 0 spiro atoms. The highest BCUT2D eigenvalue weighted by Gasteiger charge is 2.26. The van der Waals surface area contributed by atoms with E-state index in [1.54, 1.807) is 55.1 Å². The number of aromatic nitrogens is 2. The second kappa shape index (κ2) is 11.7. The standard InChI is InChI=1S/C27H27ClN4O5S/c1-4-31(38(34,35)24-14-12-22(36-2)13-15-24)18-26(33)30-27-29-25(19-8-10-20(28)11-9-19)17-32(27)21-6-5-7-23(16-21)37-3/h5-17H,4,18H2,1-3H3,(H,29,30,33). The first-order chi connectivity index (χ1) is 18.2. The van der Waals surface area contributed by atoms with E-state index in [-0.39, 0.29) is 17.4 Å². The summed E-state index contributed by atoms with van der Waals surface area (Å²) < 4.78 is 39.6. The van der Waals surface area contributed by atoms with Gasteiger partial charge in [0.2, 0.25) is 21.9 Å². The minimum Gasteiger partial charge on any atom is -0.497 e. The van der Waals surface area contributed by atoms with E-state index in [9.17, 15) is 13.2 Å². The summed E-state index contributed by atoms with van der Waals surface area (Å²) in [6.07, 6.45) is 1.78. The van der Waals surface area contributed by atoms with E-state index in [1.807, 2.05) is 30.3 Å². The Labute approximate surface area is 226 Å². The lowest BCUT2D eigenvalue weighted by Gasteiger charge is -2.20. The van der Waals surface area contributed by atoms with Crippen molar-refractivity contribution in [2.24, 2.45) is 0 Å². The van der Waals surface area contributed by atoms with Crippen LogP contribution >= 0.6 is 11.6 Å². The first-order valence-electron chi connectivity index (χ1n) is 11.7. The second-order valence-electron chi connectivity index (χ2n) is 8.18. The summed E-state index contributed by atoms with van der Waals surface area (Å²) in [4.78, 5) is 17.8. The number of imidazole rings is 1. The van der Waals surface area contributed by atoms with Gasteiger partial charge in [0, 0.05) is 29.4 Å². The fraction of sp³-hybridized carbons (Fsp3) is 0.185. The van der Waals surface area contributed by atoms with Gasteiger partial charge in [-0.05, 0) is 48.5 Å². The fourth-order valence-electron chi connectivity index (χ4n) is 3.77. The molecule has 0 aliphatic carbocycles. The zero-order valence-corrected chi connectivity index (χ0v) is 22.7. The number of methoxy groups -OCH3 is 2. The van der Waals surface area contributed by atoms with E-state index in [0.29, 0.717) is 27.9 Å². The van der Waals surface area contributed by atoms with Gasteiger partial charge in [-0.15, -0.1) is 0 Å². The van der Waals surface area contributed by atoms with E-state index in [1.165, 1.54) is 19.2 Å². The van der Waals surface area contributed by atoms with Crippen molar-refractivity contribution < 1.29 is 22.7 Å². The van der Waals surface area contributed by atoms with Crippen LogP contribution in [0.4, 0.5) is 5.95 Å². The molecule has 1 amide bonds. The first-order valence-corrected chi connectivity index (χ1v) is 13.5. The Hall–Kier alpha value is -3.86. The van der Waals surface area contributed by atoms with Crippen LogP contribution in [0.3, 0.4) is 0 Å². The van der Waals surface area contributed by atoms with Gasteiger partial charge in [0.15, 0.2) is 0 Å². The third kappa shape index (κ3) is 5.99. The summed E-state index contributed by atoms with van der Waals surface area (Å²) in [6.45, 7) is 1.37. The number of carbonyl (C=O) groups is 1. The predicted molar refractivity (Wildman–Crippen MR) is 147 cm³/mol. The highest BCUT2D eigenvalue weighted by atomic mass is 35.5. The third-order valence-electron chi connectivity index (χ3n) is 5.80. The molecule has 1 aromatic heterocycles. The lowest BCUT2D eigenvalue weighted by molar-refractivity contribution is -0.116. The van der Waals surface area contributed by atoms with Crippen LogP contribution in [0.5, 0.6) is 11.5 Å². The first kappa shape index (κ1) is 27.2. The largest absolute Gasteiger partial charge is 0.497 e. The zero-order valence-electron chi connectivity index (χ0n) is 21.1. The Morgan fingerprint density at radius 1 is 1.00 bits per heavy atom. The van der Waals surface area contributed by atoms with Crippen molar-refractivity contribution >= 4 is 33.5 Å². The van der Waals surface area contributed by atoms with E-state index < -0.39 is 22.5 Å². The van der Waals surface area contributed by atoms with Crippen LogP contribution in [0.15, 0.2) is 83.9 Å². The molecule has 0 radical (unpaired) electrons. The maximum absolute atomic E-state index is 13.2. The summed E-state index contributed by atoms with van der Waals surface area (Å²) in [5.74, 6) is 0.849. The summed E-state index contributed by atoms with van der Waals surface area (Å²) in [6, 6.07) is 20.4. The van der Waals surface area contributed by atoms with Crippen LogP contribution in [0.1, 0.15) is 6.92 Å². The van der Waals surface area contributed by atoms with Gasteiger partial charge in [-0.2, -0.15) is 4.31 Å². The van der Waals surface area contributed by atoms with E-state index >= 15 is 0 Å². The molecular formula is C27H27ClN4O5S. The predicted octanol–water partition coefficient (Wildman–Crippen LogP) is 4.86. The fourth-order valence-corrected chi connectivity index (χ4v) is 5.30. The number of hydrogen-bond donors (Lipinski definition) is 1. The molecule has 4 aromatic rings. The van der Waals surface area contributed by atoms with Crippen molar-refractivity contribution in [3.05, 3.63) is 84.0 Å². The average molecular weight is 555 g/mol. The van der Waals surface area contributed by atoms with Crippen molar-refractivity contribution in [2.45, 2.75) is 11.8 Å². The van der Waals surface area contributed by atoms with Gasteiger partial charge in [0.1, 0.15) is 11.5 Å². The summed E-state index contributed by atoms with van der Waals surface area (Å²) >= 11 is 6.04. The van der Waals surface area contributed by atoms with Gasteiger partial charge >= 0.3 is 0 Å². The minimum absolute atomic E-state index is 0.0656. The maximum Gasteiger partial charge on any atom is 0.243 e. The lowest BCUT2D eigenvalue weighted by atomic mass is 10.2. The van der Waals surface area contributed by atoms with E-state index in [0.717, 1.165) is 9.87 Å². The molecule has 0 fully saturated rings. The number of carbonyl (C=O) groups excluding carboxylic acids is 1. The maximum atomic E-state index is 13.2. The summed E-state index contributed by atoms with van der Waals surface area (Å²) in [5.41, 5.74) is 2.09. The molecule has 0 aliphatic rings. The molecule has 0 atom stereocenters. The lowest BCUT2D eigenvalue weighted by Crippen LogP contribution is -2.38. The molecule has 1 heterocycles.